The second-order valence-electron chi connectivity index (χ2n) is 36.4. The van der Waals surface area contributed by atoms with Gasteiger partial charge in [-0.1, -0.05) is 114 Å². The van der Waals surface area contributed by atoms with Gasteiger partial charge in [-0.05, 0) is 203 Å². The van der Waals surface area contributed by atoms with E-state index in [1.54, 1.807) is 50.2 Å². The quantitative estimate of drug-likeness (QED) is 0.0180. The molecule has 6 N–H and O–H groups in total. The number of aliphatic hydroxyl groups excluding tert-OH is 6. The second-order valence-corrected chi connectivity index (χ2v) is 37.7. The van der Waals surface area contributed by atoms with Crippen LogP contribution >= 0.6 is 34.8 Å². The second kappa shape index (κ2) is 45.6. The van der Waals surface area contributed by atoms with Crippen LogP contribution in [0, 0.1) is 31.3 Å². The monoisotopic (exact) mass is 1980 g/mol. The Morgan fingerprint density at radius 1 is 0.286 bits per heavy atom. The summed E-state index contributed by atoms with van der Waals surface area (Å²) in [5.41, 5.74) is 5.84. The summed E-state index contributed by atoms with van der Waals surface area (Å²) in [5, 5.41) is 54.7. The van der Waals surface area contributed by atoms with Gasteiger partial charge in [-0.15, -0.1) is 0 Å². The molecule has 6 heterocycles. The van der Waals surface area contributed by atoms with E-state index < -0.39 is 86.3 Å². The molecule has 0 amide bonds. The summed E-state index contributed by atoms with van der Waals surface area (Å²) in [6.45, 7) is -0.100. The van der Waals surface area contributed by atoms with Gasteiger partial charge in [0, 0.05) is 160 Å². The Labute approximate surface area is 815 Å². The summed E-state index contributed by atoms with van der Waals surface area (Å²) in [6.07, 6.45) is 27.2. The molecule has 0 saturated heterocycles. The molecule has 24 nitrogen and oxygen atoms in total. The standard InChI is InChI=1S/2C18H17F3N2O2.2C18H19FN2O2.C16H14Cl2N2O2.C16H14ClFN2O2/c2*1-11-4-13(6-14(5-11)18(19,20)21)17(2-3-17)7-16-22-8-12(9-23-16)15(25)10-24;19-15-5-3-14(4-6-15)18(7-1-2-8-18)9-17-20-10-13(11-21-17)16(23)12-22;19-15-5-3-4-14(8-15)18(6-1-2-7-18)9-17-20-10-13(11-21-17)16(23)12-22;17-12-3-11(4-13(18)5-12)16(1-2-16)6-15-19-7-10(8-20-15)14(22)9-21;17-13-5-11(18)1-2-12(13)16(3-4-16)6-15-19-7-10(8-20-15)14(22)9-21/h2*4-6,8-9,24H,2-3,7,10H2,1H3;3-6,10-11,22H,1-2,7-9,12H2;3-5,8,10-11,22H,1-2,6-7,9,12H2;3-5,7-8,21H,1-2,6,9H2;1-2,5,7-8,21H,3-4,6,9H2. The van der Waals surface area contributed by atoms with Crippen LogP contribution in [0.4, 0.5) is 39.5 Å². The summed E-state index contributed by atoms with van der Waals surface area (Å²) in [6, 6.07) is 31.8. The highest BCUT2D eigenvalue weighted by Crippen LogP contribution is 2.56. The third-order valence-electron chi connectivity index (χ3n) is 26.4. The average Bonchev–Trinajstić information content (AvgIpc) is 1.61. The van der Waals surface area contributed by atoms with Crippen molar-refractivity contribution in [3.05, 3.63) is 352 Å². The number of nitrogens with zero attached hydrogens (tertiary/aromatic N) is 12. The van der Waals surface area contributed by atoms with Crippen molar-refractivity contribution in [2.45, 2.75) is 200 Å². The van der Waals surface area contributed by atoms with Crippen molar-refractivity contribution in [1.29, 1.82) is 0 Å². The number of carbonyl (C=O) groups is 6. The van der Waals surface area contributed by atoms with Crippen LogP contribution in [0.3, 0.4) is 0 Å². The Morgan fingerprint density at radius 2 is 0.543 bits per heavy atom. The first-order chi connectivity index (χ1) is 66.8. The Morgan fingerprint density at radius 3 is 0.807 bits per heavy atom. The van der Waals surface area contributed by atoms with Crippen LogP contribution in [0.1, 0.15) is 255 Å². The molecule has 12 aromatic rings. The lowest BCUT2D eigenvalue weighted by Gasteiger charge is -2.29. The number of aromatic nitrogens is 12. The SMILES string of the molecule is Cc1cc(C(F)(F)F)cc(C2(Cc3ncc(C(=O)CO)cn3)CC2)c1.Cc1cc(C(F)(F)F)cc(C2(Cc3ncc(C(=O)CO)cn3)CC2)c1.O=C(CO)c1cnc(CC2(c3cc(Cl)cc(Cl)c3)CC2)nc1.O=C(CO)c1cnc(CC2(c3ccc(F)cc3)CCCC2)nc1.O=C(CO)c1cnc(CC2(c3ccc(F)cc3Cl)CC2)nc1.O=C(CO)c1cnc(CC2(c3cccc(F)c3)CCCC2)nc1. The number of alkyl halides is 6. The minimum Gasteiger partial charge on any atom is -0.388 e. The van der Waals surface area contributed by atoms with Gasteiger partial charge in [-0.2, -0.15) is 26.3 Å². The number of carbonyl (C=O) groups excluding carboxylic acids is 6. The molecule has 0 aliphatic heterocycles. The molecule has 18 rings (SSSR count). The van der Waals surface area contributed by atoms with Crippen molar-refractivity contribution in [2.24, 2.45) is 0 Å². The fourth-order valence-corrected chi connectivity index (χ4v) is 18.8. The molecule has 6 aliphatic rings. The number of halogens is 12. The maximum absolute atomic E-state index is 13.6. The minimum atomic E-state index is -4.38. The van der Waals surface area contributed by atoms with Gasteiger partial charge in [0.05, 0.1) is 44.5 Å². The zero-order chi connectivity index (χ0) is 101. The minimum absolute atomic E-state index is 0.0168. The molecule has 0 bridgehead atoms. The van der Waals surface area contributed by atoms with Crippen molar-refractivity contribution in [3.63, 3.8) is 0 Å². The number of Topliss-reactive ketones (excluding diaryl/α,β-unsaturated/α-hetero) is 6. The summed E-state index contributed by atoms with van der Waals surface area (Å²) < 4.78 is 118. The van der Waals surface area contributed by atoms with E-state index >= 15 is 0 Å². The van der Waals surface area contributed by atoms with Crippen molar-refractivity contribution in [1.82, 2.24) is 59.8 Å². The molecule has 0 radical (unpaired) electrons. The fourth-order valence-electron chi connectivity index (χ4n) is 17.9. The molecule has 0 atom stereocenters. The van der Waals surface area contributed by atoms with Crippen LogP contribution in [-0.4, -0.2) is 165 Å². The summed E-state index contributed by atoms with van der Waals surface area (Å²) >= 11 is 18.3. The van der Waals surface area contributed by atoms with Crippen molar-refractivity contribution < 1.29 is 98.9 Å². The van der Waals surface area contributed by atoms with Crippen molar-refractivity contribution >= 4 is 69.5 Å². The molecule has 732 valence electrons. The number of aryl methyl sites for hydroxylation is 2. The fraction of sp³-hybridized carbons (Fsp3) is 0.365. The first-order valence-corrected chi connectivity index (χ1v) is 46.5. The van der Waals surface area contributed by atoms with E-state index in [4.69, 9.17) is 65.4 Å². The van der Waals surface area contributed by atoms with Crippen molar-refractivity contribution in [3.8, 4) is 0 Å². The van der Waals surface area contributed by atoms with Gasteiger partial charge in [-0.3, -0.25) is 28.8 Å². The number of benzene rings is 6. The van der Waals surface area contributed by atoms with E-state index in [1.165, 1.54) is 117 Å². The molecule has 140 heavy (non-hydrogen) atoms. The Balaban J connectivity index is 0.000000142. The van der Waals surface area contributed by atoms with E-state index in [0.717, 1.165) is 137 Å². The average molecular weight is 1990 g/mol. The zero-order valence-electron chi connectivity index (χ0n) is 76.3. The van der Waals surface area contributed by atoms with Crippen LogP contribution in [0.25, 0.3) is 0 Å². The Hall–Kier alpha value is -12.2. The predicted octanol–water partition coefficient (Wildman–Crippen LogP) is 18.1. The highest BCUT2D eigenvalue weighted by Gasteiger charge is 2.50. The first kappa shape index (κ1) is 105. The zero-order valence-corrected chi connectivity index (χ0v) is 78.6. The molecule has 6 aromatic carbocycles. The van der Waals surface area contributed by atoms with E-state index in [-0.39, 0.29) is 78.2 Å². The van der Waals surface area contributed by atoms with Gasteiger partial charge in [0.15, 0.2) is 34.7 Å². The lowest BCUT2D eigenvalue weighted by atomic mass is 9.76. The smallest absolute Gasteiger partial charge is 0.388 e. The molecule has 0 unspecified atom stereocenters. The molecule has 36 heteroatoms. The molecule has 6 aromatic heterocycles. The van der Waals surface area contributed by atoms with Crippen LogP contribution in [0.5, 0.6) is 0 Å². The molecule has 6 aliphatic carbocycles. The normalized spacial score (nSPS) is 16.0. The van der Waals surface area contributed by atoms with Crippen LogP contribution < -0.4 is 0 Å². The molecule has 6 saturated carbocycles. The summed E-state index contributed by atoms with van der Waals surface area (Å²) in [7, 11) is 0. The molecule has 0 spiro atoms. The third-order valence-corrected chi connectivity index (χ3v) is 27.2. The first-order valence-electron chi connectivity index (χ1n) is 45.3. The molecular formula is C104H100Cl3F9N12O12. The van der Waals surface area contributed by atoms with Gasteiger partial charge < -0.3 is 30.6 Å². The summed E-state index contributed by atoms with van der Waals surface area (Å²) in [4.78, 5) is 119. The maximum Gasteiger partial charge on any atom is 0.416 e. The molecule has 6 fully saturated rings. The highest BCUT2D eigenvalue weighted by molar-refractivity contribution is 6.34. The van der Waals surface area contributed by atoms with Crippen molar-refractivity contribution in [2.75, 3.05) is 39.6 Å². The highest BCUT2D eigenvalue weighted by atomic mass is 35.5. The van der Waals surface area contributed by atoms with Crippen LogP contribution in [0.15, 0.2) is 196 Å². The van der Waals surface area contributed by atoms with Gasteiger partial charge in [0.1, 0.15) is 92.0 Å². The largest absolute Gasteiger partial charge is 0.416 e. The van der Waals surface area contributed by atoms with Gasteiger partial charge in [-0.25, -0.2) is 73.0 Å². The predicted molar refractivity (Wildman–Crippen MR) is 500 cm³/mol. The van der Waals surface area contributed by atoms with Gasteiger partial charge in [0.25, 0.3) is 0 Å². The number of aliphatic hydroxyl groups is 6. The molecular weight excluding hydrogens is 1890 g/mol. The topological polar surface area (TPSA) is 378 Å². The lowest BCUT2D eigenvalue weighted by Crippen LogP contribution is -2.26. The number of rotatable bonds is 30. The van der Waals surface area contributed by atoms with Crippen LogP contribution in [0.2, 0.25) is 15.1 Å². The number of hydrogen-bond acceptors (Lipinski definition) is 24. The van der Waals surface area contributed by atoms with Gasteiger partial charge in [0.2, 0.25) is 0 Å². The third kappa shape index (κ3) is 27.1. The van der Waals surface area contributed by atoms with Gasteiger partial charge >= 0.3 is 12.4 Å². The van der Waals surface area contributed by atoms with E-state index in [0.29, 0.717) is 127 Å². The summed E-state index contributed by atoms with van der Waals surface area (Å²) in [5.74, 6) is 0.223. The lowest BCUT2D eigenvalue weighted by molar-refractivity contribution is -0.138. The van der Waals surface area contributed by atoms with E-state index in [1.807, 2.05) is 30.3 Å². The van der Waals surface area contributed by atoms with E-state index in [9.17, 15) is 68.3 Å². The number of hydrogen-bond donors (Lipinski definition) is 6. The van der Waals surface area contributed by atoms with Crippen LogP contribution in [-0.2, 0) is 83.4 Å². The van der Waals surface area contributed by atoms with E-state index in [2.05, 4.69) is 59.8 Å². The maximum atomic E-state index is 13.6. The number of ketones is 6. The Bertz CT molecular complexity index is 6230. The Kier molecular flexibility index (Phi) is 34.3.